The zero-order valence-corrected chi connectivity index (χ0v) is 13.5. The van der Waals surface area contributed by atoms with E-state index in [1.165, 1.54) is 25.8 Å². The fourth-order valence-electron chi connectivity index (χ4n) is 3.48. The molecule has 0 bridgehead atoms. The molecule has 0 amide bonds. The Morgan fingerprint density at radius 3 is 3.00 bits per heavy atom. The van der Waals surface area contributed by atoms with Gasteiger partial charge in [0, 0.05) is 29.8 Å². The molecule has 0 aliphatic carbocycles. The largest absolute Gasteiger partial charge is 0.355 e. The first-order chi connectivity index (χ1) is 9.15. The minimum absolute atomic E-state index is 0.747. The molecule has 0 saturated carbocycles. The lowest BCUT2D eigenvalue weighted by Crippen LogP contribution is -2.53. The van der Waals surface area contributed by atoms with Crippen LogP contribution in [0.5, 0.6) is 0 Å². The first-order valence-corrected chi connectivity index (χ1v) is 8.08. The molecule has 2 unspecified atom stereocenters. The highest BCUT2D eigenvalue weighted by molar-refractivity contribution is 9.10. The molecule has 104 valence electrons. The standard InChI is InChI=1S/C14H19BrClN3/c1-18-5-2-3-10-9-19(6-4-13(10)18)14-12(16)7-11(15)8-17-14/h7-8,10,13H,2-6,9H2,1H3. The minimum Gasteiger partial charge on any atom is -0.355 e. The molecule has 0 aromatic carbocycles. The number of piperidine rings is 2. The van der Waals surface area contributed by atoms with E-state index < -0.39 is 0 Å². The number of fused-ring (bicyclic) bond motifs is 1. The third-order valence-electron chi connectivity index (χ3n) is 4.43. The molecule has 5 heteroatoms. The van der Waals surface area contributed by atoms with Crippen LogP contribution in [0.3, 0.4) is 0 Å². The fraction of sp³-hybridized carbons (Fsp3) is 0.643. The van der Waals surface area contributed by atoms with E-state index >= 15 is 0 Å². The van der Waals surface area contributed by atoms with Gasteiger partial charge in [-0.2, -0.15) is 0 Å². The Labute approximate surface area is 128 Å². The number of likely N-dealkylation sites (tertiary alicyclic amines) is 1. The molecule has 1 aromatic rings. The van der Waals surface area contributed by atoms with Crippen molar-refractivity contribution in [3.05, 3.63) is 21.8 Å². The lowest BCUT2D eigenvalue weighted by molar-refractivity contribution is 0.102. The second-order valence-corrected chi connectivity index (χ2v) is 6.97. The van der Waals surface area contributed by atoms with Crippen molar-refractivity contribution in [2.75, 3.05) is 31.6 Å². The summed E-state index contributed by atoms with van der Waals surface area (Å²) in [5.41, 5.74) is 0. The van der Waals surface area contributed by atoms with Gasteiger partial charge in [0.15, 0.2) is 0 Å². The summed E-state index contributed by atoms with van der Waals surface area (Å²) < 4.78 is 0.938. The first-order valence-electron chi connectivity index (χ1n) is 6.91. The van der Waals surface area contributed by atoms with Crippen molar-refractivity contribution in [3.63, 3.8) is 0 Å². The van der Waals surface area contributed by atoms with E-state index in [9.17, 15) is 0 Å². The average molecular weight is 345 g/mol. The van der Waals surface area contributed by atoms with Crippen molar-refractivity contribution in [2.24, 2.45) is 5.92 Å². The Morgan fingerprint density at radius 1 is 1.37 bits per heavy atom. The zero-order valence-electron chi connectivity index (χ0n) is 11.1. The Balaban J connectivity index is 1.77. The van der Waals surface area contributed by atoms with Crippen LogP contribution in [-0.2, 0) is 0 Å². The Hall–Kier alpha value is -0.320. The molecule has 3 rings (SSSR count). The van der Waals surface area contributed by atoms with Crippen molar-refractivity contribution >= 4 is 33.3 Å². The van der Waals surface area contributed by atoms with Crippen LogP contribution in [0, 0.1) is 5.92 Å². The molecule has 19 heavy (non-hydrogen) atoms. The van der Waals surface area contributed by atoms with Crippen molar-refractivity contribution in [2.45, 2.75) is 25.3 Å². The van der Waals surface area contributed by atoms with Gasteiger partial charge in [-0.15, -0.1) is 0 Å². The molecule has 3 heterocycles. The van der Waals surface area contributed by atoms with Crippen LogP contribution >= 0.6 is 27.5 Å². The number of rotatable bonds is 1. The van der Waals surface area contributed by atoms with Gasteiger partial charge in [-0.3, -0.25) is 0 Å². The summed E-state index contributed by atoms with van der Waals surface area (Å²) >= 11 is 9.73. The summed E-state index contributed by atoms with van der Waals surface area (Å²) in [6.45, 7) is 3.39. The molecule has 0 spiro atoms. The molecule has 3 nitrogen and oxygen atoms in total. The third-order valence-corrected chi connectivity index (χ3v) is 5.15. The number of aromatic nitrogens is 1. The minimum atomic E-state index is 0.747. The van der Waals surface area contributed by atoms with Gasteiger partial charge >= 0.3 is 0 Å². The summed E-state index contributed by atoms with van der Waals surface area (Å²) in [6.07, 6.45) is 5.70. The lowest BCUT2D eigenvalue weighted by atomic mass is 9.84. The second kappa shape index (κ2) is 5.58. The van der Waals surface area contributed by atoms with Gasteiger partial charge in [-0.25, -0.2) is 4.98 Å². The summed E-state index contributed by atoms with van der Waals surface area (Å²) in [4.78, 5) is 9.38. The van der Waals surface area contributed by atoms with Gasteiger partial charge in [-0.05, 0) is 60.8 Å². The van der Waals surface area contributed by atoms with E-state index in [0.717, 1.165) is 40.4 Å². The van der Waals surface area contributed by atoms with Crippen LogP contribution in [0.2, 0.25) is 5.02 Å². The number of hydrogen-bond acceptors (Lipinski definition) is 3. The van der Waals surface area contributed by atoms with Crippen LogP contribution in [0.25, 0.3) is 0 Å². The summed E-state index contributed by atoms with van der Waals surface area (Å²) in [6, 6.07) is 2.68. The normalized spacial score (nSPS) is 28.3. The number of hydrogen-bond donors (Lipinski definition) is 0. The van der Waals surface area contributed by atoms with Crippen molar-refractivity contribution in [3.8, 4) is 0 Å². The Kier molecular flexibility index (Phi) is 4.01. The monoisotopic (exact) mass is 343 g/mol. The summed E-state index contributed by atoms with van der Waals surface area (Å²) in [7, 11) is 2.26. The fourth-order valence-corrected chi connectivity index (χ4v) is 4.23. The number of anilines is 1. The maximum atomic E-state index is 6.32. The van der Waals surface area contributed by atoms with Crippen molar-refractivity contribution in [1.29, 1.82) is 0 Å². The number of nitrogens with zero attached hydrogens (tertiary/aromatic N) is 3. The van der Waals surface area contributed by atoms with E-state index in [0.29, 0.717) is 0 Å². The molecule has 2 saturated heterocycles. The quantitative estimate of drug-likeness (QED) is 0.778. The second-order valence-electron chi connectivity index (χ2n) is 5.64. The molecule has 2 fully saturated rings. The SMILES string of the molecule is CN1CCCC2CN(c3ncc(Br)cc3Cl)CCC21. The summed E-state index contributed by atoms with van der Waals surface area (Å²) in [5.74, 6) is 1.70. The van der Waals surface area contributed by atoms with Crippen LogP contribution in [0.4, 0.5) is 5.82 Å². The lowest BCUT2D eigenvalue weighted by Gasteiger charge is -2.46. The van der Waals surface area contributed by atoms with E-state index in [4.69, 9.17) is 11.6 Å². The van der Waals surface area contributed by atoms with E-state index in [2.05, 4.69) is 37.8 Å². The molecule has 2 aliphatic heterocycles. The zero-order chi connectivity index (χ0) is 13.4. The van der Waals surface area contributed by atoms with E-state index in [1.54, 1.807) is 0 Å². The molecular weight excluding hydrogens is 326 g/mol. The van der Waals surface area contributed by atoms with Crippen LogP contribution in [-0.4, -0.2) is 42.6 Å². The molecule has 2 atom stereocenters. The molecule has 2 aliphatic rings. The Morgan fingerprint density at radius 2 is 2.21 bits per heavy atom. The highest BCUT2D eigenvalue weighted by Gasteiger charge is 2.34. The highest BCUT2D eigenvalue weighted by Crippen LogP contribution is 2.34. The number of halogens is 2. The van der Waals surface area contributed by atoms with Crippen LogP contribution in [0.1, 0.15) is 19.3 Å². The molecule has 1 aromatic heterocycles. The topological polar surface area (TPSA) is 19.4 Å². The van der Waals surface area contributed by atoms with Gasteiger partial charge in [0.25, 0.3) is 0 Å². The average Bonchev–Trinajstić information content (AvgIpc) is 2.38. The van der Waals surface area contributed by atoms with Gasteiger partial charge in [0.1, 0.15) is 5.82 Å². The van der Waals surface area contributed by atoms with Gasteiger partial charge < -0.3 is 9.80 Å². The Bertz CT molecular complexity index is 468. The predicted octanol–water partition coefficient (Wildman–Crippen LogP) is 3.42. The maximum absolute atomic E-state index is 6.32. The number of pyridine rings is 1. The van der Waals surface area contributed by atoms with Crippen LogP contribution in [0.15, 0.2) is 16.7 Å². The molecule has 0 radical (unpaired) electrons. The molecule has 0 N–H and O–H groups in total. The molecular formula is C14H19BrClN3. The van der Waals surface area contributed by atoms with Gasteiger partial charge in [0.05, 0.1) is 5.02 Å². The van der Waals surface area contributed by atoms with Gasteiger partial charge in [0.2, 0.25) is 0 Å². The van der Waals surface area contributed by atoms with Gasteiger partial charge in [-0.1, -0.05) is 11.6 Å². The van der Waals surface area contributed by atoms with Crippen molar-refractivity contribution in [1.82, 2.24) is 9.88 Å². The van der Waals surface area contributed by atoms with E-state index in [1.807, 2.05) is 12.3 Å². The highest BCUT2D eigenvalue weighted by atomic mass is 79.9. The smallest absolute Gasteiger partial charge is 0.147 e. The van der Waals surface area contributed by atoms with E-state index in [-0.39, 0.29) is 0 Å². The first kappa shape index (κ1) is 13.7. The summed E-state index contributed by atoms with van der Waals surface area (Å²) in [5, 5.41) is 0.747. The third kappa shape index (κ3) is 2.76. The van der Waals surface area contributed by atoms with Crippen LogP contribution < -0.4 is 4.90 Å². The van der Waals surface area contributed by atoms with Crippen molar-refractivity contribution < 1.29 is 0 Å². The predicted molar refractivity (Wildman–Crippen MR) is 82.9 cm³/mol. The maximum Gasteiger partial charge on any atom is 0.147 e.